The number of benzene rings is 1. The van der Waals surface area contributed by atoms with Gasteiger partial charge in [0.1, 0.15) is 11.6 Å². The summed E-state index contributed by atoms with van der Waals surface area (Å²) in [6, 6.07) is 5.83. The Morgan fingerprint density at radius 2 is 2.15 bits per heavy atom. The molecule has 0 unspecified atom stereocenters. The van der Waals surface area contributed by atoms with Crippen LogP contribution in [0.5, 0.6) is 5.75 Å². The van der Waals surface area contributed by atoms with E-state index < -0.39 is 0 Å². The Kier molecular flexibility index (Phi) is 2.90. The van der Waals surface area contributed by atoms with Gasteiger partial charge >= 0.3 is 0 Å². The Morgan fingerprint density at radius 1 is 1.46 bits per heavy atom. The van der Waals surface area contributed by atoms with E-state index in [9.17, 15) is 0 Å². The van der Waals surface area contributed by atoms with Crippen LogP contribution in [0.25, 0.3) is 0 Å². The molecule has 2 N–H and O–H groups in total. The molecule has 0 radical (unpaired) electrons. The molecule has 0 aromatic heterocycles. The van der Waals surface area contributed by atoms with Crippen LogP contribution < -0.4 is 10.5 Å². The summed E-state index contributed by atoms with van der Waals surface area (Å²) in [5.74, 6) is 1.26. The molecule has 0 spiro atoms. The molecular formula is C10H14N2O. The van der Waals surface area contributed by atoms with Crippen LogP contribution in [0.15, 0.2) is 23.2 Å². The van der Waals surface area contributed by atoms with Gasteiger partial charge in [-0.05, 0) is 24.6 Å². The third-order valence-electron chi connectivity index (χ3n) is 1.87. The molecule has 13 heavy (non-hydrogen) atoms. The fourth-order valence-corrected chi connectivity index (χ4v) is 1.13. The number of hydrogen-bond donors (Lipinski definition) is 1. The summed E-state index contributed by atoms with van der Waals surface area (Å²) >= 11 is 0. The summed E-state index contributed by atoms with van der Waals surface area (Å²) in [5.41, 5.74) is 7.68. The van der Waals surface area contributed by atoms with Crippen LogP contribution >= 0.6 is 0 Å². The van der Waals surface area contributed by atoms with Crippen molar-refractivity contribution >= 4 is 5.84 Å². The SMILES string of the molecule is CN=C(N)c1ccc(C)cc1OC. The number of aryl methyl sites for hydroxylation is 1. The number of methoxy groups -OCH3 is 1. The second-order valence-corrected chi connectivity index (χ2v) is 2.81. The molecule has 0 amide bonds. The van der Waals surface area contributed by atoms with Gasteiger partial charge in [0.05, 0.1) is 12.7 Å². The number of amidine groups is 1. The van der Waals surface area contributed by atoms with Crippen molar-refractivity contribution in [2.45, 2.75) is 6.92 Å². The largest absolute Gasteiger partial charge is 0.496 e. The topological polar surface area (TPSA) is 47.6 Å². The van der Waals surface area contributed by atoms with Crippen molar-refractivity contribution < 1.29 is 4.74 Å². The van der Waals surface area contributed by atoms with Crippen molar-refractivity contribution in [3.63, 3.8) is 0 Å². The van der Waals surface area contributed by atoms with E-state index in [1.165, 1.54) is 0 Å². The molecular weight excluding hydrogens is 164 g/mol. The predicted molar refractivity (Wildman–Crippen MR) is 54.4 cm³/mol. The van der Waals surface area contributed by atoms with Crippen LogP contribution in [0.2, 0.25) is 0 Å². The molecule has 0 atom stereocenters. The van der Waals surface area contributed by atoms with Gasteiger partial charge in [0.15, 0.2) is 0 Å². The van der Waals surface area contributed by atoms with Crippen molar-refractivity contribution in [1.82, 2.24) is 0 Å². The zero-order chi connectivity index (χ0) is 9.84. The fourth-order valence-electron chi connectivity index (χ4n) is 1.13. The lowest BCUT2D eigenvalue weighted by atomic mass is 10.1. The maximum absolute atomic E-state index is 5.69. The molecule has 70 valence electrons. The molecule has 1 aromatic carbocycles. The number of rotatable bonds is 2. The maximum Gasteiger partial charge on any atom is 0.130 e. The van der Waals surface area contributed by atoms with E-state index in [-0.39, 0.29) is 0 Å². The smallest absolute Gasteiger partial charge is 0.130 e. The zero-order valence-electron chi connectivity index (χ0n) is 8.16. The molecule has 0 saturated carbocycles. The Bertz CT molecular complexity index is 332. The highest BCUT2D eigenvalue weighted by molar-refractivity contribution is 5.99. The molecule has 1 rings (SSSR count). The summed E-state index contributed by atoms with van der Waals surface area (Å²) < 4.78 is 5.19. The summed E-state index contributed by atoms with van der Waals surface area (Å²) in [4.78, 5) is 3.91. The van der Waals surface area contributed by atoms with Crippen molar-refractivity contribution in [1.29, 1.82) is 0 Å². The molecule has 1 aromatic rings. The van der Waals surface area contributed by atoms with E-state index in [4.69, 9.17) is 10.5 Å². The van der Waals surface area contributed by atoms with Gasteiger partial charge in [-0.25, -0.2) is 0 Å². The predicted octanol–water partition coefficient (Wildman–Crippen LogP) is 1.34. The molecule has 0 aliphatic heterocycles. The summed E-state index contributed by atoms with van der Waals surface area (Å²) in [6.45, 7) is 2.01. The Hall–Kier alpha value is -1.51. The minimum Gasteiger partial charge on any atom is -0.496 e. The third-order valence-corrected chi connectivity index (χ3v) is 1.87. The van der Waals surface area contributed by atoms with Crippen LogP contribution in [0.4, 0.5) is 0 Å². The van der Waals surface area contributed by atoms with Crippen LogP contribution in [0, 0.1) is 6.92 Å². The Labute approximate surface area is 78.2 Å². The van der Waals surface area contributed by atoms with Gasteiger partial charge in [0, 0.05) is 7.05 Å². The average molecular weight is 178 g/mol. The first-order valence-corrected chi connectivity index (χ1v) is 4.06. The lowest BCUT2D eigenvalue weighted by Crippen LogP contribution is -2.14. The monoisotopic (exact) mass is 178 g/mol. The fraction of sp³-hybridized carbons (Fsp3) is 0.300. The van der Waals surface area contributed by atoms with Crippen LogP contribution in [-0.2, 0) is 0 Å². The quantitative estimate of drug-likeness (QED) is 0.548. The first-order chi connectivity index (χ1) is 6.19. The standard InChI is InChI=1S/C10H14N2O/c1-7-4-5-8(10(11)12-2)9(6-7)13-3/h4-6H,1-3H3,(H2,11,12). The van der Waals surface area contributed by atoms with E-state index in [1.807, 2.05) is 25.1 Å². The average Bonchev–Trinajstić information content (AvgIpc) is 2.16. The van der Waals surface area contributed by atoms with E-state index in [0.717, 1.165) is 16.9 Å². The Balaban J connectivity index is 3.21. The highest BCUT2D eigenvalue weighted by atomic mass is 16.5. The number of ether oxygens (including phenoxy) is 1. The normalized spacial score (nSPS) is 11.5. The zero-order valence-corrected chi connectivity index (χ0v) is 8.16. The number of nitrogens with zero attached hydrogens (tertiary/aromatic N) is 1. The van der Waals surface area contributed by atoms with Crippen molar-refractivity contribution in [3.8, 4) is 5.75 Å². The van der Waals surface area contributed by atoms with E-state index in [1.54, 1.807) is 14.2 Å². The highest BCUT2D eigenvalue weighted by Crippen LogP contribution is 2.19. The van der Waals surface area contributed by atoms with Crippen LogP contribution in [-0.4, -0.2) is 20.0 Å². The van der Waals surface area contributed by atoms with E-state index in [0.29, 0.717) is 5.84 Å². The molecule has 0 saturated heterocycles. The molecule has 3 heteroatoms. The third kappa shape index (κ3) is 1.99. The minimum atomic E-state index is 0.497. The van der Waals surface area contributed by atoms with E-state index in [2.05, 4.69) is 4.99 Å². The first kappa shape index (κ1) is 9.58. The van der Waals surface area contributed by atoms with Crippen molar-refractivity contribution in [3.05, 3.63) is 29.3 Å². The van der Waals surface area contributed by atoms with Crippen molar-refractivity contribution in [2.24, 2.45) is 10.7 Å². The Morgan fingerprint density at radius 3 is 2.69 bits per heavy atom. The van der Waals surface area contributed by atoms with Crippen LogP contribution in [0.3, 0.4) is 0 Å². The van der Waals surface area contributed by atoms with Gasteiger partial charge in [-0.2, -0.15) is 0 Å². The van der Waals surface area contributed by atoms with Gasteiger partial charge in [0.2, 0.25) is 0 Å². The number of hydrogen-bond acceptors (Lipinski definition) is 2. The van der Waals surface area contributed by atoms with Gasteiger partial charge in [0.25, 0.3) is 0 Å². The summed E-state index contributed by atoms with van der Waals surface area (Å²) in [6.07, 6.45) is 0. The second-order valence-electron chi connectivity index (χ2n) is 2.81. The molecule has 0 heterocycles. The molecule has 0 aliphatic carbocycles. The summed E-state index contributed by atoms with van der Waals surface area (Å²) in [7, 11) is 3.29. The maximum atomic E-state index is 5.69. The van der Waals surface area contributed by atoms with Crippen LogP contribution in [0.1, 0.15) is 11.1 Å². The first-order valence-electron chi connectivity index (χ1n) is 4.06. The van der Waals surface area contributed by atoms with Gasteiger partial charge in [-0.15, -0.1) is 0 Å². The summed E-state index contributed by atoms with van der Waals surface area (Å²) in [5, 5.41) is 0. The number of aliphatic imine (C=N–C) groups is 1. The molecule has 0 bridgehead atoms. The van der Waals surface area contributed by atoms with Crippen molar-refractivity contribution in [2.75, 3.05) is 14.2 Å². The van der Waals surface area contributed by atoms with Gasteiger partial charge in [-0.3, -0.25) is 4.99 Å². The molecule has 0 fully saturated rings. The minimum absolute atomic E-state index is 0.497. The lowest BCUT2D eigenvalue weighted by Gasteiger charge is -2.07. The highest BCUT2D eigenvalue weighted by Gasteiger charge is 2.05. The number of nitrogens with two attached hydrogens (primary N) is 1. The second kappa shape index (κ2) is 3.94. The van der Waals surface area contributed by atoms with E-state index >= 15 is 0 Å². The van der Waals surface area contributed by atoms with Gasteiger partial charge < -0.3 is 10.5 Å². The van der Waals surface area contributed by atoms with Gasteiger partial charge in [-0.1, -0.05) is 6.07 Å². The molecule has 3 nitrogen and oxygen atoms in total. The molecule has 0 aliphatic rings. The lowest BCUT2D eigenvalue weighted by molar-refractivity contribution is 0.413.